The summed E-state index contributed by atoms with van der Waals surface area (Å²) >= 11 is 0. The van der Waals surface area contributed by atoms with Crippen LogP contribution in [0.3, 0.4) is 0 Å². The second-order valence-corrected chi connectivity index (χ2v) is 10.0. The maximum atomic E-state index is 13.8. The van der Waals surface area contributed by atoms with Crippen molar-refractivity contribution in [3.05, 3.63) is 102 Å². The molecule has 3 aromatic rings. The minimum atomic E-state index is -1.15. The molecular weight excluding hydrogens is 482 g/mol. The lowest BCUT2D eigenvalue weighted by atomic mass is 10.00. The Morgan fingerprint density at radius 2 is 1.42 bits per heavy atom. The van der Waals surface area contributed by atoms with Crippen LogP contribution < -0.4 is 10.6 Å². The fourth-order valence-corrected chi connectivity index (χ4v) is 4.00. The molecule has 0 bridgehead atoms. The van der Waals surface area contributed by atoms with E-state index >= 15 is 0 Å². The maximum Gasteiger partial charge on any atom is 0.408 e. The molecule has 0 saturated heterocycles. The minimum Gasteiger partial charge on any atom is -0.508 e. The van der Waals surface area contributed by atoms with Gasteiger partial charge in [0.2, 0.25) is 11.8 Å². The van der Waals surface area contributed by atoms with Crippen molar-refractivity contribution in [3.63, 3.8) is 0 Å². The van der Waals surface area contributed by atoms with E-state index in [2.05, 4.69) is 10.6 Å². The van der Waals surface area contributed by atoms with Crippen molar-refractivity contribution in [1.82, 2.24) is 15.5 Å². The van der Waals surface area contributed by atoms with Crippen molar-refractivity contribution < 1.29 is 24.2 Å². The summed E-state index contributed by atoms with van der Waals surface area (Å²) in [6.07, 6.45) is -0.560. The van der Waals surface area contributed by atoms with Crippen LogP contribution in [0.4, 0.5) is 4.79 Å². The van der Waals surface area contributed by atoms with Gasteiger partial charge in [0.15, 0.2) is 0 Å². The highest BCUT2D eigenvalue weighted by Gasteiger charge is 2.35. The Balaban J connectivity index is 1.90. The van der Waals surface area contributed by atoms with E-state index in [1.54, 1.807) is 39.0 Å². The van der Waals surface area contributed by atoms with E-state index in [9.17, 15) is 19.5 Å². The smallest absolute Gasteiger partial charge is 0.408 e. The maximum absolute atomic E-state index is 13.8. The molecule has 0 saturated carbocycles. The predicted octanol–water partition coefficient (Wildman–Crippen LogP) is 4.34. The van der Waals surface area contributed by atoms with Gasteiger partial charge in [-0.3, -0.25) is 9.59 Å². The summed E-state index contributed by atoms with van der Waals surface area (Å²) in [4.78, 5) is 41.2. The fourth-order valence-electron chi connectivity index (χ4n) is 4.00. The van der Waals surface area contributed by atoms with E-state index in [0.29, 0.717) is 0 Å². The molecule has 0 radical (unpaired) electrons. The fraction of sp³-hybridized carbons (Fsp3) is 0.300. The summed E-state index contributed by atoms with van der Waals surface area (Å²) in [5.41, 5.74) is 1.22. The molecule has 0 fully saturated rings. The average Bonchev–Trinajstić information content (AvgIpc) is 2.88. The Labute approximate surface area is 223 Å². The number of aromatic hydroxyl groups is 1. The Morgan fingerprint density at radius 3 is 2.00 bits per heavy atom. The number of rotatable bonds is 9. The summed E-state index contributed by atoms with van der Waals surface area (Å²) in [5.74, 6) is -1.10. The number of nitrogens with zero attached hydrogens (tertiary/aromatic N) is 1. The molecule has 0 aliphatic carbocycles. The normalized spacial score (nSPS) is 12.6. The molecule has 0 aliphatic heterocycles. The zero-order valence-electron chi connectivity index (χ0n) is 22.2. The van der Waals surface area contributed by atoms with E-state index in [4.69, 9.17) is 4.74 Å². The molecule has 0 heterocycles. The monoisotopic (exact) mass is 517 g/mol. The summed E-state index contributed by atoms with van der Waals surface area (Å²) in [7, 11) is 1.48. The molecule has 2 unspecified atom stereocenters. The number of phenolic OH excluding ortho intramolecular Hbond substituents is 1. The van der Waals surface area contributed by atoms with Gasteiger partial charge in [0.25, 0.3) is 0 Å². The van der Waals surface area contributed by atoms with E-state index in [1.165, 1.54) is 18.0 Å². The summed E-state index contributed by atoms with van der Waals surface area (Å²) in [5, 5.41) is 16.1. The lowest BCUT2D eigenvalue weighted by Crippen LogP contribution is -2.52. The highest BCUT2D eigenvalue weighted by molar-refractivity contribution is 5.92. The van der Waals surface area contributed by atoms with Gasteiger partial charge in [0, 0.05) is 25.6 Å². The van der Waals surface area contributed by atoms with Gasteiger partial charge in [-0.2, -0.15) is 0 Å². The van der Waals surface area contributed by atoms with Crippen molar-refractivity contribution in [2.24, 2.45) is 0 Å². The van der Waals surface area contributed by atoms with Crippen LogP contribution in [0.25, 0.3) is 0 Å². The number of carbonyl (C=O) groups is 3. The predicted molar refractivity (Wildman–Crippen MR) is 145 cm³/mol. The molecule has 3 N–H and O–H groups in total. The lowest BCUT2D eigenvalue weighted by molar-refractivity contribution is -0.140. The third-order valence-corrected chi connectivity index (χ3v) is 5.80. The van der Waals surface area contributed by atoms with Crippen LogP contribution in [0.2, 0.25) is 0 Å². The first kappa shape index (κ1) is 28.2. The third kappa shape index (κ3) is 8.09. The van der Waals surface area contributed by atoms with E-state index in [0.717, 1.165) is 11.1 Å². The molecule has 8 heteroatoms. The molecule has 0 spiro atoms. The lowest BCUT2D eigenvalue weighted by Gasteiger charge is -2.32. The van der Waals surface area contributed by atoms with E-state index < -0.39 is 35.6 Å². The zero-order chi connectivity index (χ0) is 27.7. The first-order valence-corrected chi connectivity index (χ1v) is 12.4. The molecule has 3 rings (SSSR count). The Hall–Kier alpha value is -4.33. The Morgan fingerprint density at radius 1 is 0.868 bits per heavy atom. The summed E-state index contributed by atoms with van der Waals surface area (Å²) in [6, 6.07) is 22.8. The van der Waals surface area contributed by atoms with Crippen LogP contribution in [0.1, 0.15) is 43.5 Å². The third-order valence-electron chi connectivity index (χ3n) is 5.80. The van der Waals surface area contributed by atoms with Gasteiger partial charge in [0.05, 0.1) is 0 Å². The number of carbonyl (C=O) groups excluding carboxylic acids is 3. The number of ether oxygens (including phenoxy) is 1. The van der Waals surface area contributed by atoms with Crippen LogP contribution in [0, 0.1) is 0 Å². The summed E-state index contributed by atoms with van der Waals surface area (Å²) in [6.45, 7) is 5.45. The van der Waals surface area contributed by atoms with Crippen molar-refractivity contribution >= 4 is 17.9 Å². The number of alkyl carbamates (subject to hydrolysis) is 1. The molecule has 3 aromatic carbocycles. The van der Waals surface area contributed by atoms with Crippen molar-refractivity contribution in [2.45, 2.75) is 51.4 Å². The van der Waals surface area contributed by atoms with Crippen LogP contribution in [-0.2, 0) is 27.3 Å². The second-order valence-electron chi connectivity index (χ2n) is 10.0. The molecule has 2 atom stereocenters. The number of hydrogen-bond donors (Lipinski definition) is 3. The first-order valence-electron chi connectivity index (χ1n) is 12.4. The molecular formula is C30H35N3O5. The Kier molecular flexibility index (Phi) is 9.49. The molecule has 0 aromatic heterocycles. The first-order chi connectivity index (χ1) is 18.0. The van der Waals surface area contributed by atoms with Gasteiger partial charge in [-0.15, -0.1) is 0 Å². The van der Waals surface area contributed by atoms with Gasteiger partial charge >= 0.3 is 6.09 Å². The number of benzene rings is 3. The van der Waals surface area contributed by atoms with Crippen LogP contribution in [0.15, 0.2) is 84.9 Å². The SMILES string of the molecule is CN(C(=O)C(Cc1ccccc1)NC(=O)OC(C)(C)C)C(C(=O)NCc1ccccc1)c1ccccc1O. The standard InChI is InChI=1S/C30H35N3O5/c1-30(2,3)38-29(37)32-24(19-21-13-7-5-8-14-21)28(36)33(4)26(23-17-11-12-18-25(23)34)27(35)31-20-22-15-9-6-10-16-22/h5-18,24,26,34H,19-20H2,1-4H3,(H,31,35)(H,32,37). The minimum absolute atomic E-state index is 0.119. The van der Waals surface area contributed by atoms with E-state index in [-0.39, 0.29) is 24.3 Å². The van der Waals surface area contributed by atoms with Crippen molar-refractivity contribution in [1.29, 1.82) is 0 Å². The number of hydrogen-bond acceptors (Lipinski definition) is 5. The Bertz CT molecular complexity index is 1230. The van der Waals surface area contributed by atoms with Gasteiger partial charge in [0.1, 0.15) is 23.4 Å². The number of para-hydroxylation sites is 1. The molecule has 38 heavy (non-hydrogen) atoms. The summed E-state index contributed by atoms with van der Waals surface area (Å²) < 4.78 is 5.39. The topological polar surface area (TPSA) is 108 Å². The molecule has 0 aliphatic rings. The van der Waals surface area contributed by atoms with Gasteiger partial charge < -0.3 is 25.4 Å². The van der Waals surface area contributed by atoms with Gasteiger partial charge in [-0.05, 0) is 38.0 Å². The molecule has 8 nitrogen and oxygen atoms in total. The largest absolute Gasteiger partial charge is 0.508 e. The van der Waals surface area contributed by atoms with Gasteiger partial charge in [-0.1, -0.05) is 78.9 Å². The number of amides is 3. The van der Waals surface area contributed by atoms with Crippen molar-refractivity contribution in [3.8, 4) is 5.75 Å². The number of nitrogens with one attached hydrogen (secondary N) is 2. The number of likely N-dealkylation sites (N-methyl/N-ethyl adjacent to an activating group) is 1. The van der Waals surface area contributed by atoms with Crippen LogP contribution in [-0.4, -0.2) is 46.6 Å². The van der Waals surface area contributed by atoms with Gasteiger partial charge in [-0.25, -0.2) is 4.79 Å². The highest BCUT2D eigenvalue weighted by atomic mass is 16.6. The van der Waals surface area contributed by atoms with Crippen molar-refractivity contribution in [2.75, 3.05) is 7.05 Å². The van der Waals surface area contributed by atoms with Crippen LogP contribution in [0.5, 0.6) is 5.75 Å². The molecule has 200 valence electrons. The zero-order valence-corrected chi connectivity index (χ0v) is 22.2. The highest BCUT2D eigenvalue weighted by Crippen LogP contribution is 2.29. The second kappa shape index (κ2) is 12.8. The molecule has 3 amide bonds. The average molecular weight is 518 g/mol. The van der Waals surface area contributed by atoms with E-state index in [1.807, 2.05) is 60.7 Å². The quantitative estimate of drug-likeness (QED) is 0.391. The van der Waals surface area contributed by atoms with Crippen LogP contribution >= 0.6 is 0 Å². The number of phenols is 1.